The number of nitrogens with two attached hydrogens (primary N) is 1. The molecule has 0 radical (unpaired) electrons. The zero-order chi connectivity index (χ0) is 32.4. The number of carbonyl (C=O) groups is 2. The van der Waals surface area contributed by atoms with E-state index in [0.717, 1.165) is 18.2 Å². The van der Waals surface area contributed by atoms with Gasteiger partial charge < -0.3 is 20.2 Å². The first-order chi connectivity index (χ1) is 21.3. The molecule has 1 amide bonds. The number of anilines is 3. The summed E-state index contributed by atoms with van der Waals surface area (Å²) in [5, 5.41) is 14.5. The van der Waals surface area contributed by atoms with Crippen LogP contribution in [0.5, 0.6) is 0 Å². The van der Waals surface area contributed by atoms with Gasteiger partial charge in [0.25, 0.3) is 5.91 Å². The van der Waals surface area contributed by atoms with E-state index in [2.05, 4.69) is 26.1 Å². The van der Waals surface area contributed by atoms with Crippen LogP contribution in [0, 0.1) is 0 Å². The number of nitrogens with one attached hydrogen (secondary N) is 2. The molecule has 4 N–H and O–H groups in total. The summed E-state index contributed by atoms with van der Waals surface area (Å²) in [5.74, 6) is -1.30. The molecule has 0 aromatic heterocycles. The Kier molecular flexibility index (Phi) is 12.6. The van der Waals surface area contributed by atoms with E-state index < -0.39 is 47.4 Å². The Balaban J connectivity index is 0.00000300. The summed E-state index contributed by atoms with van der Waals surface area (Å²) in [5.41, 5.74) is 9.77. The minimum absolute atomic E-state index is 0. The summed E-state index contributed by atoms with van der Waals surface area (Å²) >= 11 is 0. The van der Waals surface area contributed by atoms with Gasteiger partial charge in [0.05, 0.1) is 26.9 Å². The number of azo groups is 1. The Bertz CT molecular complexity index is 2140. The molecule has 0 saturated heterocycles. The summed E-state index contributed by atoms with van der Waals surface area (Å²) in [6, 6.07) is 21.2. The van der Waals surface area contributed by atoms with E-state index in [0.29, 0.717) is 28.3 Å². The fourth-order valence-electron chi connectivity index (χ4n) is 4.07. The standard InChI is InChI=1S/C29H22N6O8S2.2Na/c30-19-3-1-17(2-4-19)29(37)31-23-11-14-25-18(15-23)16-26(45(41,42)43)27(28(25)36)35-34-21-7-5-20(6-8-21)32-33-22-9-12-24(13-10-22)44(38,39)40;;/h1-16,34H,30H2,(H,31,37)(H,38,39,40)(H,41,42,43);;/q;2*+1/p-2/b33-32?,35-27-;;. The number of amides is 1. The second-order valence-corrected chi connectivity index (χ2v) is 12.2. The van der Waals surface area contributed by atoms with Crippen molar-refractivity contribution in [3.8, 4) is 0 Å². The zero-order valence-corrected chi connectivity index (χ0v) is 30.4. The molecule has 0 heterocycles. The van der Waals surface area contributed by atoms with Gasteiger partial charge in [-0.15, -0.1) is 0 Å². The first-order valence-corrected chi connectivity index (χ1v) is 15.5. The third-order valence-corrected chi connectivity index (χ3v) is 8.00. The quantitative estimate of drug-likeness (QED) is 0.0629. The Morgan fingerprint density at radius 3 is 1.83 bits per heavy atom. The second kappa shape index (κ2) is 15.6. The molecule has 1 aliphatic rings. The largest absolute Gasteiger partial charge is 1.00 e. The predicted octanol–water partition coefficient (Wildman–Crippen LogP) is -1.60. The number of ketones is 1. The van der Waals surface area contributed by atoms with Gasteiger partial charge in [-0.05, 0) is 103 Å². The number of fused-ring (bicyclic) bond motifs is 1. The van der Waals surface area contributed by atoms with Gasteiger partial charge >= 0.3 is 59.1 Å². The van der Waals surface area contributed by atoms with E-state index in [1.54, 1.807) is 12.1 Å². The van der Waals surface area contributed by atoms with Crippen molar-refractivity contribution < 1.29 is 94.6 Å². The molecule has 5 rings (SSSR count). The van der Waals surface area contributed by atoms with Crippen molar-refractivity contribution in [3.63, 3.8) is 0 Å². The second-order valence-electron chi connectivity index (χ2n) is 9.44. The van der Waals surface area contributed by atoms with Crippen molar-refractivity contribution in [1.29, 1.82) is 0 Å². The third kappa shape index (κ3) is 9.51. The van der Waals surface area contributed by atoms with Crippen molar-refractivity contribution in [3.05, 3.63) is 113 Å². The van der Waals surface area contributed by atoms with Crippen LogP contribution in [-0.4, -0.2) is 43.3 Å². The first-order valence-electron chi connectivity index (χ1n) is 12.7. The summed E-state index contributed by atoms with van der Waals surface area (Å²) < 4.78 is 69.4. The SMILES string of the molecule is Nc1ccc(C(=O)Nc2ccc3c(c2)C=C(S(=O)(=O)[O-])/C(=N/Nc2ccc(N=Nc4ccc(S(=O)(=O)[O-])cc4)cc2)C3=O)cc1.[Na+].[Na+]. The Labute approximate surface area is 313 Å². The Morgan fingerprint density at radius 1 is 0.723 bits per heavy atom. The maximum Gasteiger partial charge on any atom is 1.00 e. The molecule has 14 nitrogen and oxygen atoms in total. The van der Waals surface area contributed by atoms with Crippen molar-refractivity contribution in [2.45, 2.75) is 4.90 Å². The van der Waals surface area contributed by atoms with E-state index in [1.807, 2.05) is 0 Å². The van der Waals surface area contributed by atoms with Crippen LogP contribution < -0.4 is 75.6 Å². The number of benzene rings is 4. The van der Waals surface area contributed by atoms with Crippen molar-refractivity contribution in [2.75, 3.05) is 16.5 Å². The number of hydrogen-bond acceptors (Lipinski definition) is 13. The summed E-state index contributed by atoms with van der Waals surface area (Å²) in [6.07, 6.45) is 1.01. The molecule has 0 unspecified atom stereocenters. The van der Waals surface area contributed by atoms with Crippen LogP contribution in [0.3, 0.4) is 0 Å². The van der Waals surface area contributed by atoms with Crippen LogP contribution in [0.15, 0.2) is 116 Å². The molecular formula is C29H20N6Na2O8S2. The van der Waals surface area contributed by atoms with Gasteiger partial charge in [-0.25, -0.2) is 16.8 Å². The van der Waals surface area contributed by atoms with Gasteiger partial charge in [0.1, 0.15) is 25.9 Å². The number of hydrogen-bond donors (Lipinski definition) is 3. The van der Waals surface area contributed by atoms with Crippen LogP contribution in [0.25, 0.3) is 6.08 Å². The van der Waals surface area contributed by atoms with Gasteiger partial charge in [-0.1, -0.05) is 0 Å². The number of nitrogens with zero attached hydrogens (tertiary/aromatic N) is 3. The zero-order valence-electron chi connectivity index (χ0n) is 24.7. The van der Waals surface area contributed by atoms with Crippen LogP contribution in [0.4, 0.5) is 28.4 Å². The number of rotatable bonds is 8. The van der Waals surface area contributed by atoms with Crippen LogP contribution >= 0.6 is 0 Å². The first kappa shape index (κ1) is 37.9. The molecular weight excluding hydrogens is 670 g/mol. The average Bonchev–Trinajstić information content (AvgIpc) is 2.99. The number of Topliss-reactive ketones (excluding diaryl/α,β-unsaturated/α-hetero) is 1. The Morgan fingerprint density at radius 2 is 1.28 bits per heavy atom. The molecule has 0 fully saturated rings. The molecule has 0 aliphatic heterocycles. The van der Waals surface area contributed by atoms with E-state index in [4.69, 9.17) is 5.73 Å². The molecule has 0 bridgehead atoms. The molecule has 1 aliphatic carbocycles. The summed E-state index contributed by atoms with van der Waals surface area (Å²) in [4.78, 5) is 24.6. The topological polar surface area (TPSA) is 236 Å². The fourth-order valence-corrected chi connectivity index (χ4v) is 5.18. The molecule has 47 heavy (non-hydrogen) atoms. The average molecular weight is 691 g/mol. The van der Waals surface area contributed by atoms with Crippen LogP contribution in [0.2, 0.25) is 0 Å². The maximum absolute atomic E-state index is 13.2. The minimum atomic E-state index is -5.15. The molecule has 0 saturated carbocycles. The minimum Gasteiger partial charge on any atom is -0.744 e. The summed E-state index contributed by atoms with van der Waals surface area (Å²) in [6.45, 7) is 0. The van der Waals surface area contributed by atoms with Gasteiger partial charge in [-0.3, -0.25) is 15.0 Å². The number of carbonyl (C=O) groups excluding carboxylic acids is 2. The molecule has 18 heteroatoms. The normalized spacial score (nSPS) is 13.6. The van der Waals surface area contributed by atoms with Gasteiger partial charge in [0.15, 0.2) is 0 Å². The fraction of sp³-hybridized carbons (Fsp3) is 0. The van der Waals surface area contributed by atoms with Gasteiger partial charge in [-0.2, -0.15) is 15.3 Å². The number of hydrazone groups is 1. The molecule has 228 valence electrons. The monoisotopic (exact) mass is 690 g/mol. The van der Waals surface area contributed by atoms with Crippen LogP contribution in [-0.2, 0) is 20.2 Å². The summed E-state index contributed by atoms with van der Waals surface area (Å²) in [7, 11) is -9.73. The molecule has 4 aromatic carbocycles. The Hall–Kier alpha value is -3.55. The maximum atomic E-state index is 13.2. The molecule has 4 aromatic rings. The van der Waals surface area contributed by atoms with Crippen molar-refractivity contribution in [1.82, 2.24) is 0 Å². The number of allylic oxidation sites excluding steroid dienone is 1. The van der Waals surface area contributed by atoms with Crippen LogP contribution in [0.1, 0.15) is 26.3 Å². The van der Waals surface area contributed by atoms with Gasteiger partial charge in [0, 0.05) is 22.5 Å². The van der Waals surface area contributed by atoms with E-state index in [-0.39, 0.29) is 75.9 Å². The van der Waals surface area contributed by atoms with E-state index >= 15 is 0 Å². The third-order valence-electron chi connectivity index (χ3n) is 6.30. The van der Waals surface area contributed by atoms with E-state index in [9.17, 15) is 35.5 Å². The molecule has 0 atom stereocenters. The van der Waals surface area contributed by atoms with E-state index in [1.165, 1.54) is 66.7 Å². The van der Waals surface area contributed by atoms with Crippen molar-refractivity contribution in [2.24, 2.45) is 15.3 Å². The number of nitrogen functional groups attached to an aromatic ring is 1. The predicted molar refractivity (Wildman–Crippen MR) is 163 cm³/mol. The molecule has 0 spiro atoms. The van der Waals surface area contributed by atoms with Gasteiger partial charge in [0.2, 0.25) is 5.78 Å². The van der Waals surface area contributed by atoms with Crippen molar-refractivity contribution >= 4 is 72.2 Å². The smallest absolute Gasteiger partial charge is 0.744 e.